The van der Waals surface area contributed by atoms with E-state index in [9.17, 15) is 4.79 Å². The van der Waals surface area contributed by atoms with Gasteiger partial charge in [0.2, 0.25) is 0 Å². The molecule has 0 unspecified atom stereocenters. The molecular formula is C20H22BrN5O. The summed E-state index contributed by atoms with van der Waals surface area (Å²) in [5.74, 6) is 0.525. The summed E-state index contributed by atoms with van der Waals surface area (Å²) in [5, 5.41) is 11.0. The first-order valence-electron chi connectivity index (χ1n) is 9.18. The van der Waals surface area contributed by atoms with Crippen LogP contribution in [0.15, 0.2) is 53.0 Å². The lowest BCUT2D eigenvalue weighted by atomic mass is 9.91. The number of nitrogens with two attached hydrogens (primary N) is 1. The Bertz CT molecular complexity index is 970. The highest BCUT2D eigenvalue weighted by atomic mass is 79.9. The normalized spacial score (nSPS) is 19.8. The summed E-state index contributed by atoms with van der Waals surface area (Å²) >= 11 is 3.45. The SMILES string of the molecule is N[C@H]1CCCC[C@H]1Nc1ccc2ccc(C(=O)Nc3ccccc3Br)n2n1. The number of halogens is 1. The van der Waals surface area contributed by atoms with Gasteiger partial charge in [0.1, 0.15) is 11.5 Å². The molecule has 4 N–H and O–H groups in total. The summed E-state index contributed by atoms with van der Waals surface area (Å²) in [6, 6.07) is 15.4. The summed E-state index contributed by atoms with van der Waals surface area (Å²) in [7, 11) is 0. The van der Waals surface area contributed by atoms with Crippen molar-refractivity contribution in [2.75, 3.05) is 10.6 Å². The van der Waals surface area contributed by atoms with Crippen LogP contribution in [0.5, 0.6) is 0 Å². The second kappa shape index (κ2) is 7.70. The Hall–Kier alpha value is -2.38. The third kappa shape index (κ3) is 3.84. The molecule has 6 nitrogen and oxygen atoms in total. The standard InChI is InChI=1S/C20H22BrN5O/c21-14-5-1-3-7-16(14)24-20(27)18-11-9-13-10-12-19(25-26(13)18)23-17-8-4-2-6-15(17)22/h1,3,5,7,9-12,15,17H,2,4,6,8,22H2,(H,23,25)(H,24,27)/t15-,17+/m0/s1. The van der Waals surface area contributed by atoms with Crippen molar-refractivity contribution in [3.05, 3.63) is 58.7 Å². The summed E-state index contributed by atoms with van der Waals surface area (Å²) in [6.45, 7) is 0. The second-order valence-electron chi connectivity index (χ2n) is 6.91. The van der Waals surface area contributed by atoms with Gasteiger partial charge in [-0.2, -0.15) is 0 Å². The maximum atomic E-state index is 12.8. The second-order valence-corrected chi connectivity index (χ2v) is 7.76. The highest BCUT2D eigenvalue weighted by molar-refractivity contribution is 9.10. The maximum absolute atomic E-state index is 12.8. The summed E-state index contributed by atoms with van der Waals surface area (Å²) in [4.78, 5) is 12.8. The fourth-order valence-electron chi connectivity index (χ4n) is 3.51. The largest absolute Gasteiger partial charge is 0.364 e. The molecule has 1 aliphatic rings. The van der Waals surface area contributed by atoms with Crippen molar-refractivity contribution < 1.29 is 4.79 Å². The van der Waals surface area contributed by atoms with Gasteiger partial charge in [0, 0.05) is 16.6 Å². The first kappa shape index (κ1) is 18.0. The van der Waals surface area contributed by atoms with E-state index in [0.29, 0.717) is 5.69 Å². The zero-order chi connectivity index (χ0) is 18.8. The van der Waals surface area contributed by atoms with Crippen molar-refractivity contribution in [2.45, 2.75) is 37.8 Å². The number of nitrogens with one attached hydrogen (secondary N) is 2. The van der Waals surface area contributed by atoms with Crippen molar-refractivity contribution in [3.8, 4) is 0 Å². The van der Waals surface area contributed by atoms with E-state index >= 15 is 0 Å². The van der Waals surface area contributed by atoms with Crippen molar-refractivity contribution in [2.24, 2.45) is 5.73 Å². The summed E-state index contributed by atoms with van der Waals surface area (Å²) < 4.78 is 2.50. The third-order valence-electron chi connectivity index (χ3n) is 5.01. The van der Waals surface area contributed by atoms with Gasteiger partial charge in [0.15, 0.2) is 0 Å². The molecule has 1 fully saturated rings. The fourth-order valence-corrected chi connectivity index (χ4v) is 3.90. The molecule has 2 atom stereocenters. The molecule has 1 amide bonds. The van der Waals surface area contributed by atoms with Crippen LogP contribution >= 0.6 is 15.9 Å². The average Bonchev–Trinajstić information content (AvgIpc) is 3.09. The van der Waals surface area contributed by atoms with E-state index in [1.807, 2.05) is 42.5 Å². The Morgan fingerprint density at radius 2 is 1.89 bits per heavy atom. The van der Waals surface area contributed by atoms with Crippen LogP contribution in [-0.2, 0) is 0 Å². The Morgan fingerprint density at radius 3 is 2.70 bits per heavy atom. The van der Waals surface area contributed by atoms with Crippen LogP contribution in [-0.4, -0.2) is 27.6 Å². The molecular weight excluding hydrogens is 406 g/mol. The third-order valence-corrected chi connectivity index (χ3v) is 5.70. The lowest BCUT2D eigenvalue weighted by Crippen LogP contribution is -2.42. The van der Waals surface area contributed by atoms with Gasteiger partial charge in [-0.3, -0.25) is 4.79 Å². The highest BCUT2D eigenvalue weighted by Gasteiger charge is 2.22. The monoisotopic (exact) mass is 427 g/mol. The van der Waals surface area contributed by atoms with Gasteiger partial charge in [-0.1, -0.05) is 25.0 Å². The van der Waals surface area contributed by atoms with E-state index in [1.165, 1.54) is 12.8 Å². The van der Waals surface area contributed by atoms with E-state index in [-0.39, 0.29) is 18.0 Å². The number of carbonyl (C=O) groups excluding carboxylic acids is 1. The topological polar surface area (TPSA) is 84.4 Å². The minimum atomic E-state index is -0.207. The molecule has 1 aliphatic carbocycles. The summed E-state index contributed by atoms with van der Waals surface area (Å²) in [5.41, 5.74) is 8.30. The molecule has 0 aliphatic heterocycles. The molecule has 2 aromatic heterocycles. The minimum Gasteiger partial charge on any atom is -0.364 e. The fraction of sp³-hybridized carbons (Fsp3) is 0.300. The molecule has 1 aromatic carbocycles. The van der Waals surface area contributed by atoms with Crippen molar-refractivity contribution in [1.82, 2.24) is 9.61 Å². The van der Waals surface area contributed by atoms with Crippen LogP contribution in [0, 0.1) is 0 Å². The van der Waals surface area contributed by atoms with Crippen LogP contribution in [0.3, 0.4) is 0 Å². The number of fused-ring (bicyclic) bond motifs is 1. The molecule has 2 heterocycles. The number of hydrogen-bond donors (Lipinski definition) is 3. The van der Waals surface area contributed by atoms with Gasteiger partial charge in [-0.25, -0.2) is 4.52 Å². The molecule has 0 saturated heterocycles. The lowest BCUT2D eigenvalue weighted by molar-refractivity contribution is 0.102. The van der Waals surface area contributed by atoms with Crippen LogP contribution in [0.4, 0.5) is 11.5 Å². The predicted octanol–water partition coefficient (Wildman–Crippen LogP) is 4.03. The van der Waals surface area contributed by atoms with E-state index in [1.54, 1.807) is 10.6 Å². The Balaban J connectivity index is 1.58. The first-order chi connectivity index (χ1) is 13.1. The number of carbonyl (C=O) groups is 1. The van der Waals surface area contributed by atoms with Crippen molar-refractivity contribution in [3.63, 3.8) is 0 Å². The maximum Gasteiger partial charge on any atom is 0.274 e. The van der Waals surface area contributed by atoms with E-state index in [0.717, 1.165) is 34.3 Å². The number of amides is 1. The average molecular weight is 428 g/mol. The minimum absolute atomic E-state index is 0.138. The van der Waals surface area contributed by atoms with Gasteiger partial charge in [0.05, 0.1) is 11.2 Å². The number of anilines is 2. The van der Waals surface area contributed by atoms with Gasteiger partial charge < -0.3 is 16.4 Å². The number of benzene rings is 1. The number of para-hydroxylation sites is 1. The highest BCUT2D eigenvalue weighted by Crippen LogP contribution is 2.23. The predicted molar refractivity (Wildman–Crippen MR) is 111 cm³/mol. The van der Waals surface area contributed by atoms with Crippen molar-refractivity contribution in [1.29, 1.82) is 0 Å². The van der Waals surface area contributed by atoms with Crippen LogP contribution in [0.2, 0.25) is 0 Å². The van der Waals surface area contributed by atoms with Gasteiger partial charge in [-0.05, 0) is 65.2 Å². The quantitative estimate of drug-likeness (QED) is 0.586. The number of aromatic nitrogens is 2. The molecule has 0 bridgehead atoms. The van der Waals surface area contributed by atoms with Gasteiger partial charge >= 0.3 is 0 Å². The van der Waals surface area contributed by atoms with Gasteiger partial charge in [0.25, 0.3) is 5.91 Å². The molecule has 27 heavy (non-hydrogen) atoms. The van der Waals surface area contributed by atoms with E-state index < -0.39 is 0 Å². The number of rotatable bonds is 4. The van der Waals surface area contributed by atoms with Gasteiger partial charge in [-0.15, -0.1) is 5.10 Å². The molecule has 0 spiro atoms. The molecule has 140 valence electrons. The number of hydrogen-bond acceptors (Lipinski definition) is 4. The van der Waals surface area contributed by atoms with E-state index in [2.05, 4.69) is 31.7 Å². The molecule has 1 saturated carbocycles. The smallest absolute Gasteiger partial charge is 0.274 e. The zero-order valence-electron chi connectivity index (χ0n) is 14.9. The van der Waals surface area contributed by atoms with E-state index in [4.69, 9.17) is 5.73 Å². The molecule has 3 aromatic rings. The van der Waals surface area contributed by atoms with Crippen molar-refractivity contribution >= 4 is 38.9 Å². The zero-order valence-corrected chi connectivity index (χ0v) is 16.4. The first-order valence-corrected chi connectivity index (χ1v) is 9.98. The number of nitrogens with zero attached hydrogens (tertiary/aromatic N) is 2. The Morgan fingerprint density at radius 1 is 1.11 bits per heavy atom. The summed E-state index contributed by atoms with van der Waals surface area (Å²) in [6.07, 6.45) is 4.44. The lowest BCUT2D eigenvalue weighted by Gasteiger charge is -2.29. The van der Waals surface area contributed by atoms with Crippen LogP contribution in [0.1, 0.15) is 36.2 Å². The Labute approximate surface area is 166 Å². The molecule has 7 heteroatoms. The molecule has 0 radical (unpaired) electrons. The van der Waals surface area contributed by atoms with Crippen LogP contribution < -0.4 is 16.4 Å². The molecule has 4 rings (SSSR count). The Kier molecular flexibility index (Phi) is 5.13. The van der Waals surface area contributed by atoms with Crippen LogP contribution in [0.25, 0.3) is 5.52 Å².